The molecule has 7 heteroatoms. The zero-order valence-electron chi connectivity index (χ0n) is 16.9. The van der Waals surface area contributed by atoms with Gasteiger partial charge in [0.05, 0.1) is 11.8 Å². The molecule has 1 fully saturated rings. The Labute approximate surface area is 172 Å². The van der Waals surface area contributed by atoms with Gasteiger partial charge >= 0.3 is 0 Å². The summed E-state index contributed by atoms with van der Waals surface area (Å²) in [6.07, 6.45) is 1.41. The van der Waals surface area contributed by atoms with Crippen LogP contribution in [-0.4, -0.2) is 37.4 Å². The van der Waals surface area contributed by atoms with Crippen LogP contribution in [0.5, 0.6) is 5.75 Å². The number of Topliss-reactive ketones (excluding diaryl/α,β-unsaturated/α-hetero) is 1. The molecule has 2 rings (SSSR count). The van der Waals surface area contributed by atoms with Crippen LogP contribution in [0.25, 0.3) is 0 Å². The van der Waals surface area contributed by atoms with E-state index in [0.717, 1.165) is 23.5 Å². The predicted octanol–water partition coefficient (Wildman–Crippen LogP) is 5.24. The molecule has 0 spiro atoms. The van der Waals surface area contributed by atoms with Crippen molar-refractivity contribution in [3.8, 4) is 5.75 Å². The van der Waals surface area contributed by atoms with E-state index in [0.29, 0.717) is 57.0 Å². The molecule has 2 N–H and O–H groups in total. The van der Waals surface area contributed by atoms with Gasteiger partial charge in [-0.2, -0.15) is 0 Å². The summed E-state index contributed by atoms with van der Waals surface area (Å²) in [5.74, 6) is 1.04. The van der Waals surface area contributed by atoms with E-state index in [1.807, 2.05) is 31.2 Å². The number of carbonyl (C=O) groups is 1. The molecule has 1 saturated heterocycles. The summed E-state index contributed by atoms with van der Waals surface area (Å²) >= 11 is 1.38. The topological polar surface area (TPSA) is 78.6 Å². The molecule has 0 radical (unpaired) electrons. The second-order valence-corrected chi connectivity index (χ2v) is 13.2. The van der Waals surface area contributed by atoms with Crippen molar-refractivity contribution < 1.29 is 18.8 Å². The lowest BCUT2D eigenvalue weighted by atomic mass is 9.96. The summed E-state index contributed by atoms with van der Waals surface area (Å²) in [4.78, 5) is 12.4. The molecule has 0 bridgehead atoms. The van der Waals surface area contributed by atoms with Crippen LogP contribution in [0.3, 0.4) is 0 Å². The number of carbonyl (C=O) groups excluding carboxylic acids is 1. The Morgan fingerprint density at radius 2 is 1.93 bits per heavy atom. The molecular formula is C21H32NO4PS. The maximum Gasteiger partial charge on any atom is 0.152 e. The minimum Gasteiger partial charge on any atom is -0.494 e. The van der Waals surface area contributed by atoms with E-state index in [1.165, 1.54) is 11.4 Å². The van der Waals surface area contributed by atoms with Crippen molar-refractivity contribution >= 4 is 23.5 Å². The molecule has 1 heterocycles. The van der Waals surface area contributed by atoms with Crippen molar-refractivity contribution in [1.82, 2.24) is 0 Å². The molecular weight excluding hydrogens is 393 g/mol. The van der Waals surface area contributed by atoms with Gasteiger partial charge in [-0.15, -0.1) is 0 Å². The summed E-state index contributed by atoms with van der Waals surface area (Å²) < 4.78 is 24.8. The van der Waals surface area contributed by atoms with Crippen molar-refractivity contribution in [1.29, 1.82) is 0 Å². The van der Waals surface area contributed by atoms with E-state index in [-0.39, 0.29) is 0 Å². The van der Waals surface area contributed by atoms with Gasteiger partial charge < -0.3 is 19.8 Å². The van der Waals surface area contributed by atoms with Crippen LogP contribution < -0.4 is 10.5 Å². The Hall–Kier alpha value is -1.23. The van der Waals surface area contributed by atoms with Gasteiger partial charge in [-0.25, -0.2) is 0 Å². The van der Waals surface area contributed by atoms with Crippen LogP contribution in [-0.2, 0) is 14.1 Å². The molecule has 156 valence electrons. The summed E-state index contributed by atoms with van der Waals surface area (Å²) in [6.45, 7) is 9.38. The van der Waals surface area contributed by atoms with E-state index in [4.69, 9.17) is 15.2 Å². The largest absolute Gasteiger partial charge is 0.494 e. The molecule has 1 aromatic rings. The molecule has 1 aliphatic heterocycles. The minimum atomic E-state index is -2.70. The SMILES string of the molecule is C=C(N)C1(P(C)(=O)Sc2ccc(OCCCC(=O)CCC)cc2)CCOCC1. The predicted molar refractivity (Wildman–Crippen MR) is 117 cm³/mol. The lowest BCUT2D eigenvalue weighted by molar-refractivity contribution is -0.119. The first-order chi connectivity index (χ1) is 13.3. The van der Waals surface area contributed by atoms with Crippen LogP contribution in [0.4, 0.5) is 0 Å². The first-order valence-electron chi connectivity index (χ1n) is 9.85. The number of benzene rings is 1. The molecule has 0 amide bonds. The molecule has 1 atom stereocenters. The van der Waals surface area contributed by atoms with Gasteiger partial charge in [0.1, 0.15) is 11.5 Å². The number of ketones is 1. The number of rotatable bonds is 11. The van der Waals surface area contributed by atoms with Crippen molar-refractivity contribution in [3.63, 3.8) is 0 Å². The van der Waals surface area contributed by atoms with Gasteiger partial charge in [0.2, 0.25) is 0 Å². The zero-order chi connectivity index (χ0) is 20.6. The summed E-state index contributed by atoms with van der Waals surface area (Å²) in [5, 5.41) is -0.573. The standard InChI is InChI=1S/C21H32NO4PS/c1-4-6-18(23)7-5-14-26-19-8-10-20(11-9-19)28-27(3,24)21(17(2)22)12-15-25-16-13-21/h8-11H,2,4-7,12-16,22H2,1,3H3. The highest BCUT2D eigenvalue weighted by Gasteiger charge is 2.48. The second-order valence-electron chi connectivity index (χ2n) is 7.32. The number of hydrogen-bond acceptors (Lipinski definition) is 6. The van der Waals surface area contributed by atoms with Crippen LogP contribution in [0.1, 0.15) is 45.4 Å². The van der Waals surface area contributed by atoms with Crippen LogP contribution in [0, 0.1) is 0 Å². The Balaban J connectivity index is 1.93. The van der Waals surface area contributed by atoms with Crippen molar-refractivity contribution in [2.75, 3.05) is 26.5 Å². The van der Waals surface area contributed by atoms with Gasteiger partial charge in [-0.05, 0) is 56.6 Å². The number of hydrogen-bond donors (Lipinski definition) is 1. The highest BCUT2D eigenvalue weighted by atomic mass is 32.7. The third-order valence-corrected chi connectivity index (χ3v) is 11.0. The van der Waals surface area contributed by atoms with Crippen molar-refractivity contribution in [3.05, 3.63) is 36.5 Å². The smallest absolute Gasteiger partial charge is 0.152 e. The van der Waals surface area contributed by atoms with Gasteiger partial charge in [-0.1, -0.05) is 24.9 Å². The van der Waals surface area contributed by atoms with Crippen molar-refractivity contribution in [2.24, 2.45) is 5.73 Å². The molecule has 1 aromatic carbocycles. The maximum absolute atomic E-state index is 13.6. The third-order valence-electron chi connectivity index (χ3n) is 5.20. The fourth-order valence-electron chi connectivity index (χ4n) is 3.45. The molecule has 5 nitrogen and oxygen atoms in total. The lowest BCUT2D eigenvalue weighted by Crippen LogP contribution is -2.39. The summed E-state index contributed by atoms with van der Waals surface area (Å²) in [5.41, 5.74) is 6.59. The average molecular weight is 426 g/mol. The Morgan fingerprint density at radius 1 is 1.29 bits per heavy atom. The normalized spacial score (nSPS) is 18.2. The van der Waals surface area contributed by atoms with Gasteiger partial charge in [-0.3, -0.25) is 4.79 Å². The van der Waals surface area contributed by atoms with Gasteiger partial charge in [0.25, 0.3) is 0 Å². The monoisotopic (exact) mass is 425 g/mol. The van der Waals surface area contributed by atoms with Crippen LogP contribution >= 0.6 is 17.7 Å². The quantitative estimate of drug-likeness (QED) is 0.386. The van der Waals surface area contributed by atoms with E-state index < -0.39 is 11.5 Å². The molecule has 1 unspecified atom stereocenters. The molecule has 0 aliphatic carbocycles. The van der Waals surface area contributed by atoms with Crippen molar-refractivity contribution in [2.45, 2.75) is 55.5 Å². The number of nitrogens with two attached hydrogens (primary N) is 1. The summed E-state index contributed by atoms with van der Waals surface area (Å²) in [6, 6.07) is 7.60. The fourth-order valence-corrected chi connectivity index (χ4v) is 8.79. The van der Waals surface area contributed by atoms with Gasteiger partial charge in [0.15, 0.2) is 6.34 Å². The molecule has 0 aromatic heterocycles. The first-order valence-corrected chi connectivity index (χ1v) is 13.4. The highest BCUT2D eigenvalue weighted by molar-refractivity contribution is 8.58. The average Bonchev–Trinajstić information content (AvgIpc) is 2.67. The molecule has 28 heavy (non-hydrogen) atoms. The maximum atomic E-state index is 13.6. The number of allylic oxidation sites excluding steroid dienone is 1. The lowest BCUT2D eigenvalue weighted by Gasteiger charge is -2.41. The third kappa shape index (κ3) is 5.88. The second kappa shape index (κ2) is 10.5. The van der Waals surface area contributed by atoms with Crippen LogP contribution in [0.15, 0.2) is 41.4 Å². The number of ether oxygens (including phenoxy) is 2. The highest BCUT2D eigenvalue weighted by Crippen LogP contribution is 2.71. The van der Waals surface area contributed by atoms with E-state index in [1.54, 1.807) is 6.66 Å². The summed E-state index contributed by atoms with van der Waals surface area (Å²) in [7, 11) is 0. The minimum absolute atomic E-state index is 0.292. The Bertz CT molecular complexity index is 714. The fraction of sp³-hybridized carbons (Fsp3) is 0.571. The van der Waals surface area contributed by atoms with Gasteiger partial charge in [0, 0.05) is 36.6 Å². The molecule has 1 aliphatic rings. The Morgan fingerprint density at radius 3 is 2.50 bits per heavy atom. The zero-order valence-corrected chi connectivity index (χ0v) is 18.7. The first kappa shape index (κ1) is 23.1. The van der Waals surface area contributed by atoms with E-state index in [9.17, 15) is 9.36 Å². The van der Waals surface area contributed by atoms with Crippen LogP contribution in [0.2, 0.25) is 0 Å². The van der Waals surface area contributed by atoms with E-state index >= 15 is 0 Å². The molecule has 0 saturated carbocycles. The Kier molecular flexibility index (Phi) is 8.66. The van der Waals surface area contributed by atoms with E-state index in [2.05, 4.69) is 6.58 Å².